The molecule has 1 amide bonds. The summed E-state index contributed by atoms with van der Waals surface area (Å²) in [4.78, 5) is 15.7. The van der Waals surface area contributed by atoms with E-state index in [0.29, 0.717) is 11.3 Å². The Morgan fingerprint density at radius 3 is 2.44 bits per heavy atom. The number of piperidine rings is 1. The summed E-state index contributed by atoms with van der Waals surface area (Å²) in [7, 11) is 0. The zero-order chi connectivity index (χ0) is 23.7. The van der Waals surface area contributed by atoms with Crippen LogP contribution < -0.4 is 5.32 Å². The van der Waals surface area contributed by atoms with Gasteiger partial charge in [0.2, 0.25) is 0 Å². The Labute approximate surface area is 198 Å². The van der Waals surface area contributed by atoms with Crippen molar-refractivity contribution in [2.24, 2.45) is 5.92 Å². The van der Waals surface area contributed by atoms with Gasteiger partial charge in [-0.2, -0.15) is 18.3 Å². The molecule has 2 saturated carbocycles. The van der Waals surface area contributed by atoms with Crippen LogP contribution in [0, 0.1) is 5.92 Å². The molecule has 3 aliphatic rings. The highest BCUT2D eigenvalue weighted by Gasteiger charge is 2.35. The van der Waals surface area contributed by atoms with E-state index in [2.05, 4.69) is 15.3 Å². The van der Waals surface area contributed by atoms with Crippen molar-refractivity contribution in [2.45, 2.75) is 75.9 Å². The van der Waals surface area contributed by atoms with Gasteiger partial charge in [-0.3, -0.25) is 4.79 Å². The number of nitrogens with zero attached hydrogens (tertiary/aromatic N) is 3. The number of likely N-dealkylation sites (tertiary alicyclic amines) is 1. The lowest BCUT2D eigenvalue weighted by Crippen LogP contribution is -2.46. The molecule has 0 radical (unpaired) electrons. The number of alkyl halides is 3. The lowest BCUT2D eigenvalue weighted by atomic mass is 9.88. The lowest BCUT2D eigenvalue weighted by Gasteiger charge is -2.35. The smallest absolute Gasteiger partial charge is 0.349 e. The second-order valence-electron chi connectivity index (χ2n) is 10.2. The molecule has 2 aliphatic carbocycles. The summed E-state index contributed by atoms with van der Waals surface area (Å²) in [6.45, 7) is 3.18. The monoisotopic (exact) mass is 474 g/mol. The Morgan fingerprint density at radius 1 is 1.03 bits per heavy atom. The lowest BCUT2D eigenvalue weighted by molar-refractivity contribution is -0.137. The van der Waals surface area contributed by atoms with Gasteiger partial charge in [0.15, 0.2) is 0 Å². The number of rotatable bonds is 6. The van der Waals surface area contributed by atoms with Crippen molar-refractivity contribution in [1.82, 2.24) is 20.0 Å². The van der Waals surface area contributed by atoms with Gasteiger partial charge < -0.3 is 10.2 Å². The number of aromatic nitrogens is 2. The van der Waals surface area contributed by atoms with E-state index in [4.69, 9.17) is 0 Å². The van der Waals surface area contributed by atoms with Crippen LogP contribution in [0.2, 0.25) is 0 Å². The maximum atomic E-state index is 13.2. The highest BCUT2D eigenvalue weighted by atomic mass is 19.4. The van der Waals surface area contributed by atoms with Gasteiger partial charge in [0.05, 0.1) is 28.7 Å². The Bertz CT molecular complexity index is 1000. The summed E-state index contributed by atoms with van der Waals surface area (Å²) in [5.74, 6) is 0.823. The molecular formula is C26H33F3N4O. The third-order valence-corrected chi connectivity index (χ3v) is 7.60. The third-order valence-electron chi connectivity index (χ3n) is 7.60. The molecule has 1 saturated heterocycles. The third kappa shape index (κ3) is 5.32. The van der Waals surface area contributed by atoms with E-state index >= 15 is 0 Å². The van der Waals surface area contributed by atoms with E-state index in [-0.39, 0.29) is 17.9 Å². The van der Waals surface area contributed by atoms with E-state index in [1.807, 2.05) is 0 Å². The minimum Gasteiger partial charge on any atom is -0.349 e. The predicted octanol–water partition coefficient (Wildman–Crippen LogP) is 5.54. The van der Waals surface area contributed by atoms with E-state index in [1.54, 1.807) is 6.07 Å². The number of amides is 1. The van der Waals surface area contributed by atoms with Gasteiger partial charge >= 0.3 is 6.18 Å². The van der Waals surface area contributed by atoms with Gasteiger partial charge in [0.1, 0.15) is 0 Å². The van der Waals surface area contributed by atoms with E-state index in [1.165, 1.54) is 55.6 Å². The number of hydrogen-bond donors (Lipinski definition) is 1. The molecule has 0 bridgehead atoms. The van der Waals surface area contributed by atoms with Crippen molar-refractivity contribution >= 4 is 5.91 Å². The normalized spacial score (nSPS) is 21.0. The molecule has 2 aromatic rings. The van der Waals surface area contributed by atoms with Crippen molar-refractivity contribution in [3.63, 3.8) is 0 Å². The van der Waals surface area contributed by atoms with Crippen molar-refractivity contribution in [2.75, 3.05) is 19.6 Å². The number of nitrogens with one attached hydrogen (secondary N) is 1. The first-order chi connectivity index (χ1) is 16.4. The maximum absolute atomic E-state index is 13.2. The quantitative estimate of drug-likeness (QED) is 0.598. The second-order valence-corrected chi connectivity index (χ2v) is 10.2. The van der Waals surface area contributed by atoms with Gasteiger partial charge in [-0.1, -0.05) is 25.3 Å². The molecule has 0 spiro atoms. The molecule has 1 aliphatic heterocycles. The van der Waals surface area contributed by atoms with Gasteiger partial charge in [0.25, 0.3) is 5.91 Å². The average Bonchev–Trinajstić information content (AvgIpc) is 3.58. The number of carbonyl (C=O) groups excluding carboxylic acids is 1. The molecule has 1 N–H and O–H groups in total. The number of hydrogen-bond acceptors (Lipinski definition) is 3. The van der Waals surface area contributed by atoms with Gasteiger partial charge in [0, 0.05) is 31.6 Å². The van der Waals surface area contributed by atoms with Crippen LogP contribution in [-0.2, 0) is 6.18 Å². The first kappa shape index (κ1) is 23.4. The van der Waals surface area contributed by atoms with Crippen LogP contribution in [0.25, 0.3) is 5.69 Å². The van der Waals surface area contributed by atoms with Gasteiger partial charge in [-0.05, 0) is 62.6 Å². The minimum atomic E-state index is -4.42. The molecule has 2 heterocycles. The summed E-state index contributed by atoms with van der Waals surface area (Å²) in [6, 6.07) is 5.27. The highest BCUT2D eigenvalue weighted by molar-refractivity contribution is 5.95. The van der Waals surface area contributed by atoms with E-state index < -0.39 is 11.7 Å². The molecule has 3 fully saturated rings. The Balaban J connectivity index is 1.24. The SMILES string of the molecule is O=C(NC1CCN(CC2CCCCC2)CC1)c1cnn(-c2cccc(C(F)(F)F)c2)c1C1CC1. The zero-order valence-corrected chi connectivity index (χ0v) is 19.5. The van der Waals surface area contributed by atoms with Crippen LogP contribution in [0.5, 0.6) is 0 Å². The fourth-order valence-corrected chi connectivity index (χ4v) is 5.56. The topological polar surface area (TPSA) is 50.2 Å². The fourth-order valence-electron chi connectivity index (χ4n) is 5.56. The number of carbonyl (C=O) groups is 1. The van der Waals surface area contributed by atoms with Crippen LogP contribution in [0.4, 0.5) is 13.2 Å². The molecule has 8 heteroatoms. The largest absolute Gasteiger partial charge is 0.416 e. The minimum absolute atomic E-state index is 0.124. The van der Waals surface area contributed by atoms with E-state index in [0.717, 1.165) is 62.5 Å². The second kappa shape index (κ2) is 9.72. The van der Waals surface area contributed by atoms with Crippen LogP contribution in [0.3, 0.4) is 0 Å². The van der Waals surface area contributed by atoms with Crippen molar-refractivity contribution in [1.29, 1.82) is 0 Å². The zero-order valence-electron chi connectivity index (χ0n) is 19.5. The summed E-state index contributed by atoms with van der Waals surface area (Å²) < 4.78 is 41.2. The first-order valence-electron chi connectivity index (χ1n) is 12.7. The molecule has 5 nitrogen and oxygen atoms in total. The Morgan fingerprint density at radius 2 is 1.76 bits per heavy atom. The van der Waals surface area contributed by atoms with Crippen LogP contribution in [-0.4, -0.2) is 46.3 Å². The van der Waals surface area contributed by atoms with Crippen molar-refractivity contribution < 1.29 is 18.0 Å². The molecule has 184 valence electrons. The molecule has 0 unspecified atom stereocenters. The molecular weight excluding hydrogens is 441 g/mol. The molecule has 1 aromatic carbocycles. The van der Waals surface area contributed by atoms with Gasteiger partial charge in [-0.25, -0.2) is 4.68 Å². The molecule has 34 heavy (non-hydrogen) atoms. The van der Waals surface area contributed by atoms with Crippen LogP contribution in [0.15, 0.2) is 30.5 Å². The first-order valence-corrected chi connectivity index (χ1v) is 12.7. The average molecular weight is 475 g/mol. The van der Waals surface area contributed by atoms with Crippen molar-refractivity contribution in [3.05, 3.63) is 47.3 Å². The molecule has 5 rings (SSSR count). The Hall–Kier alpha value is -2.35. The molecule has 1 aromatic heterocycles. The number of halogens is 3. The summed E-state index contributed by atoms with van der Waals surface area (Å²) >= 11 is 0. The summed E-state index contributed by atoms with van der Waals surface area (Å²) in [5.41, 5.74) is 0.844. The Kier molecular flexibility index (Phi) is 6.69. The van der Waals surface area contributed by atoms with Crippen LogP contribution >= 0.6 is 0 Å². The van der Waals surface area contributed by atoms with Gasteiger partial charge in [-0.15, -0.1) is 0 Å². The summed E-state index contributed by atoms with van der Waals surface area (Å²) in [5, 5.41) is 7.53. The van der Waals surface area contributed by atoms with Crippen LogP contribution in [0.1, 0.15) is 85.3 Å². The molecule has 0 atom stereocenters. The number of benzene rings is 1. The fraction of sp³-hybridized carbons (Fsp3) is 0.615. The highest BCUT2D eigenvalue weighted by Crippen LogP contribution is 2.43. The predicted molar refractivity (Wildman–Crippen MR) is 124 cm³/mol. The summed E-state index contributed by atoms with van der Waals surface area (Å²) in [6.07, 6.45) is 7.57. The standard InChI is InChI=1S/C26H33F3N4O/c27-26(28,29)20-7-4-8-22(15-20)33-24(19-9-10-19)23(16-30-33)25(34)31-21-11-13-32(14-12-21)17-18-5-2-1-3-6-18/h4,7-8,15-16,18-19,21H,1-3,5-6,9-14,17H2,(H,31,34). The van der Waals surface area contributed by atoms with Crippen molar-refractivity contribution in [3.8, 4) is 5.69 Å². The van der Waals surface area contributed by atoms with E-state index in [9.17, 15) is 18.0 Å². The maximum Gasteiger partial charge on any atom is 0.416 e.